The molecule has 0 radical (unpaired) electrons. The summed E-state index contributed by atoms with van der Waals surface area (Å²) in [7, 11) is 3.30. The van der Waals surface area contributed by atoms with Crippen molar-refractivity contribution in [2.24, 2.45) is 0 Å². The molecule has 0 bridgehead atoms. The van der Waals surface area contributed by atoms with Crippen molar-refractivity contribution in [1.29, 1.82) is 0 Å². The van der Waals surface area contributed by atoms with Gasteiger partial charge in [0.2, 0.25) is 5.91 Å². The monoisotopic (exact) mass is 511 g/mol. The molecular formula is C31H33N3O4. The van der Waals surface area contributed by atoms with Gasteiger partial charge >= 0.3 is 0 Å². The van der Waals surface area contributed by atoms with Gasteiger partial charge in [0, 0.05) is 25.4 Å². The Bertz CT molecular complexity index is 1440. The highest BCUT2D eigenvalue weighted by atomic mass is 16.5. The van der Waals surface area contributed by atoms with E-state index in [9.17, 15) is 4.79 Å². The first kappa shape index (κ1) is 25.4. The summed E-state index contributed by atoms with van der Waals surface area (Å²) in [5.74, 6) is 3.30. The van der Waals surface area contributed by atoms with E-state index in [1.807, 2.05) is 84.6 Å². The summed E-state index contributed by atoms with van der Waals surface area (Å²) >= 11 is 0. The minimum atomic E-state index is 0.0165. The molecule has 0 aliphatic carbocycles. The summed E-state index contributed by atoms with van der Waals surface area (Å²) in [5.41, 5.74) is 4.11. The summed E-state index contributed by atoms with van der Waals surface area (Å²) < 4.78 is 19.2. The van der Waals surface area contributed by atoms with Crippen LogP contribution in [0, 0.1) is 0 Å². The zero-order chi connectivity index (χ0) is 26.5. The first-order chi connectivity index (χ1) is 18.6. The number of benzene rings is 3. The topological polar surface area (TPSA) is 65.8 Å². The molecule has 5 rings (SSSR count). The van der Waals surface area contributed by atoms with Crippen molar-refractivity contribution < 1.29 is 19.0 Å². The van der Waals surface area contributed by atoms with Crippen molar-refractivity contribution in [2.45, 2.75) is 32.4 Å². The van der Waals surface area contributed by atoms with Gasteiger partial charge in [-0.1, -0.05) is 42.5 Å². The lowest BCUT2D eigenvalue weighted by atomic mass is 10.1. The van der Waals surface area contributed by atoms with Gasteiger partial charge in [-0.15, -0.1) is 0 Å². The van der Waals surface area contributed by atoms with E-state index in [-0.39, 0.29) is 11.8 Å². The van der Waals surface area contributed by atoms with Gasteiger partial charge < -0.3 is 23.7 Å². The predicted octanol–water partition coefficient (Wildman–Crippen LogP) is 5.68. The second kappa shape index (κ2) is 11.4. The molecule has 4 aromatic rings. The average molecular weight is 512 g/mol. The van der Waals surface area contributed by atoms with Crippen LogP contribution in [0.15, 0.2) is 72.8 Å². The van der Waals surface area contributed by atoms with Crippen molar-refractivity contribution in [3.8, 4) is 17.2 Å². The lowest BCUT2D eigenvalue weighted by Gasteiger charge is -2.18. The molecule has 1 amide bonds. The number of carbonyl (C=O) groups is 1. The quantitative estimate of drug-likeness (QED) is 0.274. The second-order valence-electron chi connectivity index (χ2n) is 9.39. The molecule has 1 aliphatic heterocycles. The van der Waals surface area contributed by atoms with E-state index in [0.717, 1.165) is 33.7 Å². The van der Waals surface area contributed by atoms with Gasteiger partial charge in [-0.25, -0.2) is 4.98 Å². The van der Waals surface area contributed by atoms with Crippen LogP contribution in [0.3, 0.4) is 0 Å². The maximum absolute atomic E-state index is 13.0. The minimum Gasteiger partial charge on any atom is -0.497 e. The van der Waals surface area contributed by atoms with Crippen LogP contribution in [-0.4, -0.2) is 47.7 Å². The van der Waals surface area contributed by atoms with E-state index in [1.165, 1.54) is 0 Å². The Morgan fingerprint density at radius 1 is 1.00 bits per heavy atom. The molecule has 2 heterocycles. The highest BCUT2D eigenvalue weighted by Crippen LogP contribution is 2.32. The molecule has 1 aromatic heterocycles. The first-order valence-electron chi connectivity index (χ1n) is 12.9. The number of para-hydroxylation sites is 2. The van der Waals surface area contributed by atoms with E-state index >= 15 is 0 Å². The van der Waals surface area contributed by atoms with Gasteiger partial charge in [-0.2, -0.15) is 0 Å². The number of nitrogens with zero attached hydrogens (tertiary/aromatic N) is 3. The Hall–Kier alpha value is -4.26. The van der Waals surface area contributed by atoms with Crippen LogP contribution in [0.2, 0.25) is 0 Å². The van der Waals surface area contributed by atoms with Crippen molar-refractivity contribution >= 4 is 23.0 Å². The van der Waals surface area contributed by atoms with Crippen LogP contribution < -0.4 is 14.2 Å². The molecule has 38 heavy (non-hydrogen) atoms. The molecule has 7 heteroatoms. The molecule has 7 nitrogen and oxygen atoms in total. The SMILES string of the molecule is C/C=C/c1ccc(OCCn2c(C3CC(=O)N(Cc4ccc(OC)cc4)C3)nc3ccccc32)c(OC)c1. The number of likely N-dealkylation sites (tertiary alicyclic amines) is 1. The fourth-order valence-electron chi connectivity index (χ4n) is 5.04. The van der Waals surface area contributed by atoms with Crippen molar-refractivity contribution in [1.82, 2.24) is 14.5 Å². The van der Waals surface area contributed by atoms with Gasteiger partial charge in [-0.3, -0.25) is 4.79 Å². The normalized spacial score (nSPS) is 15.5. The number of fused-ring (bicyclic) bond motifs is 1. The Morgan fingerprint density at radius 2 is 1.82 bits per heavy atom. The fourth-order valence-corrected chi connectivity index (χ4v) is 5.04. The molecular weight excluding hydrogens is 478 g/mol. The Morgan fingerprint density at radius 3 is 2.58 bits per heavy atom. The zero-order valence-electron chi connectivity index (χ0n) is 22.1. The second-order valence-corrected chi connectivity index (χ2v) is 9.39. The number of ether oxygens (including phenoxy) is 3. The molecule has 1 atom stereocenters. The first-order valence-corrected chi connectivity index (χ1v) is 12.9. The zero-order valence-corrected chi connectivity index (χ0v) is 22.1. The maximum atomic E-state index is 13.0. The van der Waals surface area contributed by atoms with Crippen molar-refractivity contribution in [3.05, 3.63) is 89.8 Å². The van der Waals surface area contributed by atoms with E-state index in [0.29, 0.717) is 44.2 Å². The molecule has 0 N–H and O–H groups in total. The number of aromatic nitrogens is 2. The van der Waals surface area contributed by atoms with Gasteiger partial charge in [0.25, 0.3) is 0 Å². The maximum Gasteiger partial charge on any atom is 0.223 e. The molecule has 0 saturated carbocycles. The number of hydrogen-bond acceptors (Lipinski definition) is 5. The number of imidazole rings is 1. The van der Waals surface area contributed by atoms with E-state index in [1.54, 1.807) is 14.2 Å². The van der Waals surface area contributed by atoms with Crippen LogP contribution in [-0.2, 0) is 17.9 Å². The molecule has 196 valence electrons. The lowest BCUT2D eigenvalue weighted by Crippen LogP contribution is -2.24. The molecule has 1 unspecified atom stereocenters. The van der Waals surface area contributed by atoms with Crippen LogP contribution in [0.5, 0.6) is 17.2 Å². The van der Waals surface area contributed by atoms with E-state index < -0.39 is 0 Å². The smallest absolute Gasteiger partial charge is 0.223 e. The largest absolute Gasteiger partial charge is 0.497 e. The summed E-state index contributed by atoms with van der Waals surface area (Å²) in [6.07, 6.45) is 4.46. The summed E-state index contributed by atoms with van der Waals surface area (Å²) in [6.45, 7) is 4.25. The Kier molecular flexibility index (Phi) is 7.63. The van der Waals surface area contributed by atoms with Crippen molar-refractivity contribution in [3.63, 3.8) is 0 Å². The number of carbonyl (C=O) groups excluding carboxylic acids is 1. The Balaban J connectivity index is 1.33. The molecule has 1 fully saturated rings. The minimum absolute atomic E-state index is 0.0165. The van der Waals surface area contributed by atoms with Gasteiger partial charge in [0.15, 0.2) is 11.5 Å². The van der Waals surface area contributed by atoms with Crippen LogP contribution in [0.1, 0.15) is 36.2 Å². The number of allylic oxidation sites excluding steroid dienone is 1. The summed E-state index contributed by atoms with van der Waals surface area (Å²) in [5, 5.41) is 0. The third-order valence-electron chi connectivity index (χ3n) is 6.92. The van der Waals surface area contributed by atoms with Crippen molar-refractivity contribution in [2.75, 3.05) is 27.4 Å². The third kappa shape index (κ3) is 5.37. The van der Waals surface area contributed by atoms with Crippen LogP contribution in [0.25, 0.3) is 17.1 Å². The molecule has 0 spiro atoms. The van der Waals surface area contributed by atoms with Gasteiger partial charge in [0.05, 0.1) is 31.8 Å². The fraction of sp³-hybridized carbons (Fsp3) is 0.290. The number of methoxy groups -OCH3 is 2. The highest BCUT2D eigenvalue weighted by Gasteiger charge is 2.34. The van der Waals surface area contributed by atoms with E-state index in [2.05, 4.69) is 10.6 Å². The number of amides is 1. The third-order valence-corrected chi connectivity index (χ3v) is 6.92. The number of hydrogen-bond donors (Lipinski definition) is 0. The Labute approximate surface area is 223 Å². The molecule has 1 saturated heterocycles. The molecule has 1 aliphatic rings. The van der Waals surface area contributed by atoms with Crippen LogP contribution in [0.4, 0.5) is 0 Å². The number of rotatable bonds is 10. The lowest BCUT2D eigenvalue weighted by molar-refractivity contribution is -0.128. The summed E-state index contributed by atoms with van der Waals surface area (Å²) in [6, 6.07) is 21.9. The standard InChI is InChI=1S/C31H33N3O4/c1-4-7-22-12-15-28(29(18-22)37-3)38-17-16-34-27-9-6-5-8-26(27)32-31(34)24-19-30(35)33(21-24)20-23-10-13-25(36-2)14-11-23/h4-15,18,24H,16-17,19-21H2,1-3H3/b7-4+. The van der Waals surface area contributed by atoms with E-state index in [4.69, 9.17) is 19.2 Å². The predicted molar refractivity (Wildman–Crippen MR) is 149 cm³/mol. The van der Waals surface area contributed by atoms with Gasteiger partial charge in [0.1, 0.15) is 18.2 Å². The molecule has 3 aromatic carbocycles. The highest BCUT2D eigenvalue weighted by molar-refractivity contribution is 5.81. The van der Waals surface area contributed by atoms with Crippen LogP contribution >= 0.6 is 0 Å². The van der Waals surface area contributed by atoms with Gasteiger partial charge in [-0.05, 0) is 54.4 Å². The summed E-state index contributed by atoms with van der Waals surface area (Å²) in [4.78, 5) is 19.9. The average Bonchev–Trinajstić information content (AvgIpc) is 3.50.